The molecule has 0 amide bonds. The number of rotatable bonds is 5. The first-order valence-electron chi connectivity index (χ1n) is 7.09. The highest BCUT2D eigenvalue weighted by atomic mass is 15.2. The van der Waals surface area contributed by atoms with E-state index in [9.17, 15) is 0 Å². The van der Waals surface area contributed by atoms with Gasteiger partial charge in [-0.25, -0.2) is 0 Å². The summed E-state index contributed by atoms with van der Waals surface area (Å²) in [6.45, 7) is 11.2. The van der Waals surface area contributed by atoms with Gasteiger partial charge in [0.2, 0.25) is 0 Å². The highest BCUT2D eigenvalue weighted by Crippen LogP contribution is 2.40. The van der Waals surface area contributed by atoms with Gasteiger partial charge in [-0.15, -0.1) is 0 Å². The summed E-state index contributed by atoms with van der Waals surface area (Å²) in [5, 5.41) is 0. The van der Waals surface area contributed by atoms with Gasteiger partial charge in [0.05, 0.1) is 0 Å². The Bertz CT molecular complexity index is 203. The second-order valence-corrected chi connectivity index (χ2v) is 5.54. The molecule has 0 bridgehead atoms. The third kappa shape index (κ3) is 2.43. The topological polar surface area (TPSA) is 29.3 Å². The Kier molecular flexibility index (Phi) is 5.26. The van der Waals surface area contributed by atoms with Crippen LogP contribution >= 0.6 is 0 Å². The Morgan fingerprint density at radius 3 is 2.44 bits per heavy atom. The highest BCUT2D eigenvalue weighted by Gasteiger charge is 2.43. The maximum atomic E-state index is 6.18. The minimum Gasteiger partial charge on any atom is -0.329 e. The molecule has 0 aromatic carbocycles. The van der Waals surface area contributed by atoms with Crippen LogP contribution in [0.2, 0.25) is 0 Å². The van der Waals surface area contributed by atoms with Gasteiger partial charge in [-0.2, -0.15) is 0 Å². The third-order valence-corrected chi connectivity index (χ3v) is 4.55. The Balaban J connectivity index is 2.94. The quantitative estimate of drug-likeness (QED) is 0.781. The van der Waals surface area contributed by atoms with Crippen LogP contribution in [0.4, 0.5) is 0 Å². The number of nitrogens with zero attached hydrogens (tertiary/aromatic N) is 1. The standard InChI is InChI=1S/C14H30N2/c1-5-13-9-7-8-10-14(13,11-15)16(6-2)12(3)4/h12-13H,5-11,15H2,1-4H3. The Morgan fingerprint density at radius 1 is 1.31 bits per heavy atom. The molecule has 2 unspecified atom stereocenters. The van der Waals surface area contributed by atoms with Gasteiger partial charge in [-0.3, -0.25) is 4.90 Å². The van der Waals surface area contributed by atoms with Gasteiger partial charge in [0.1, 0.15) is 0 Å². The van der Waals surface area contributed by atoms with Gasteiger partial charge in [0.15, 0.2) is 0 Å². The first-order chi connectivity index (χ1) is 7.62. The average Bonchev–Trinajstić information content (AvgIpc) is 2.29. The van der Waals surface area contributed by atoms with Crippen molar-refractivity contribution in [2.24, 2.45) is 11.7 Å². The van der Waals surface area contributed by atoms with E-state index < -0.39 is 0 Å². The van der Waals surface area contributed by atoms with E-state index >= 15 is 0 Å². The van der Waals surface area contributed by atoms with Crippen molar-refractivity contribution in [1.29, 1.82) is 0 Å². The molecule has 1 aliphatic rings. The predicted molar refractivity (Wildman–Crippen MR) is 71.6 cm³/mol. The van der Waals surface area contributed by atoms with Crippen LogP contribution in [0.25, 0.3) is 0 Å². The molecular weight excluding hydrogens is 196 g/mol. The molecule has 1 saturated carbocycles. The van der Waals surface area contributed by atoms with E-state index in [2.05, 4.69) is 32.6 Å². The van der Waals surface area contributed by atoms with E-state index in [1.807, 2.05) is 0 Å². The number of hydrogen-bond acceptors (Lipinski definition) is 2. The van der Waals surface area contributed by atoms with Gasteiger partial charge in [-0.1, -0.05) is 33.1 Å². The normalized spacial score (nSPS) is 31.3. The summed E-state index contributed by atoms with van der Waals surface area (Å²) in [6.07, 6.45) is 6.71. The van der Waals surface area contributed by atoms with E-state index in [1.165, 1.54) is 32.1 Å². The molecule has 2 atom stereocenters. The predicted octanol–water partition coefficient (Wildman–Crippen LogP) is 3.01. The van der Waals surface area contributed by atoms with Crippen LogP contribution in [0.5, 0.6) is 0 Å². The molecule has 16 heavy (non-hydrogen) atoms. The largest absolute Gasteiger partial charge is 0.329 e. The van der Waals surface area contributed by atoms with Crippen LogP contribution in [0.1, 0.15) is 59.8 Å². The summed E-state index contributed by atoms with van der Waals surface area (Å²) in [6, 6.07) is 0.612. The van der Waals surface area contributed by atoms with Crippen molar-refractivity contribution in [2.75, 3.05) is 13.1 Å². The van der Waals surface area contributed by atoms with Crippen LogP contribution in [-0.4, -0.2) is 29.6 Å². The fourth-order valence-electron chi connectivity index (χ4n) is 3.84. The van der Waals surface area contributed by atoms with Gasteiger partial charge in [0.25, 0.3) is 0 Å². The van der Waals surface area contributed by atoms with Crippen LogP contribution in [0.3, 0.4) is 0 Å². The monoisotopic (exact) mass is 226 g/mol. The van der Waals surface area contributed by atoms with Gasteiger partial charge >= 0.3 is 0 Å². The Labute approximate surface area is 102 Å². The number of likely N-dealkylation sites (N-methyl/N-ethyl adjacent to an activating group) is 1. The molecule has 0 heterocycles. The zero-order valence-corrected chi connectivity index (χ0v) is 11.6. The molecule has 2 heteroatoms. The van der Waals surface area contributed by atoms with Crippen LogP contribution in [-0.2, 0) is 0 Å². The molecule has 2 N–H and O–H groups in total. The van der Waals surface area contributed by atoms with E-state index in [1.54, 1.807) is 0 Å². The second kappa shape index (κ2) is 6.02. The molecule has 1 fully saturated rings. The van der Waals surface area contributed by atoms with Crippen molar-refractivity contribution in [3.63, 3.8) is 0 Å². The van der Waals surface area contributed by atoms with Crippen molar-refractivity contribution in [2.45, 2.75) is 71.4 Å². The lowest BCUT2D eigenvalue weighted by Crippen LogP contribution is -2.61. The van der Waals surface area contributed by atoms with Crippen LogP contribution in [0.15, 0.2) is 0 Å². The number of nitrogens with two attached hydrogens (primary N) is 1. The van der Waals surface area contributed by atoms with E-state index in [0.29, 0.717) is 6.04 Å². The third-order valence-electron chi connectivity index (χ3n) is 4.55. The fraction of sp³-hybridized carbons (Fsp3) is 1.00. The zero-order valence-electron chi connectivity index (χ0n) is 11.6. The molecule has 0 radical (unpaired) electrons. The lowest BCUT2D eigenvalue weighted by Gasteiger charge is -2.52. The first kappa shape index (κ1) is 14.0. The van der Waals surface area contributed by atoms with Crippen molar-refractivity contribution >= 4 is 0 Å². The zero-order chi connectivity index (χ0) is 12.2. The Hall–Kier alpha value is -0.0800. The summed E-state index contributed by atoms with van der Waals surface area (Å²) in [5.41, 5.74) is 6.46. The van der Waals surface area contributed by atoms with Crippen molar-refractivity contribution in [3.05, 3.63) is 0 Å². The Morgan fingerprint density at radius 2 is 2.00 bits per heavy atom. The van der Waals surface area contributed by atoms with Crippen LogP contribution < -0.4 is 5.73 Å². The molecule has 0 aromatic rings. The van der Waals surface area contributed by atoms with Crippen molar-refractivity contribution < 1.29 is 0 Å². The van der Waals surface area contributed by atoms with Gasteiger partial charge in [0, 0.05) is 18.1 Å². The van der Waals surface area contributed by atoms with E-state index in [0.717, 1.165) is 19.0 Å². The summed E-state index contributed by atoms with van der Waals surface area (Å²) in [7, 11) is 0. The first-order valence-corrected chi connectivity index (χ1v) is 7.09. The molecule has 0 aromatic heterocycles. The summed E-state index contributed by atoms with van der Waals surface area (Å²) < 4.78 is 0. The smallest absolute Gasteiger partial charge is 0.0362 e. The summed E-state index contributed by atoms with van der Waals surface area (Å²) >= 11 is 0. The van der Waals surface area contributed by atoms with E-state index in [-0.39, 0.29) is 5.54 Å². The molecular formula is C14H30N2. The number of hydrogen-bond donors (Lipinski definition) is 1. The molecule has 0 aliphatic heterocycles. The average molecular weight is 226 g/mol. The van der Waals surface area contributed by atoms with Crippen molar-refractivity contribution in [1.82, 2.24) is 4.90 Å². The molecule has 1 aliphatic carbocycles. The molecule has 0 spiro atoms. The second-order valence-electron chi connectivity index (χ2n) is 5.54. The summed E-state index contributed by atoms with van der Waals surface area (Å²) in [4.78, 5) is 2.65. The SMILES string of the molecule is CCC1CCCCC1(CN)N(CC)C(C)C. The molecule has 2 nitrogen and oxygen atoms in total. The van der Waals surface area contributed by atoms with Crippen molar-refractivity contribution in [3.8, 4) is 0 Å². The lowest BCUT2D eigenvalue weighted by molar-refractivity contribution is -0.0134. The molecule has 0 saturated heterocycles. The van der Waals surface area contributed by atoms with Crippen LogP contribution in [0, 0.1) is 5.92 Å². The lowest BCUT2D eigenvalue weighted by atomic mass is 9.70. The fourth-order valence-corrected chi connectivity index (χ4v) is 3.84. The maximum absolute atomic E-state index is 6.18. The van der Waals surface area contributed by atoms with Gasteiger partial charge < -0.3 is 5.73 Å². The summed E-state index contributed by atoms with van der Waals surface area (Å²) in [5.74, 6) is 0.800. The molecule has 96 valence electrons. The molecule has 1 rings (SSSR count). The minimum atomic E-state index is 0.288. The van der Waals surface area contributed by atoms with Gasteiger partial charge in [-0.05, 0) is 39.2 Å². The van der Waals surface area contributed by atoms with E-state index in [4.69, 9.17) is 5.73 Å². The minimum absolute atomic E-state index is 0.288. The highest BCUT2D eigenvalue weighted by molar-refractivity contribution is 5.00. The maximum Gasteiger partial charge on any atom is 0.0362 e.